The van der Waals surface area contributed by atoms with Gasteiger partial charge >= 0.3 is 0 Å². The van der Waals surface area contributed by atoms with E-state index in [2.05, 4.69) is 10.2 Å². The van der Waals surface area contributed by atoms with E-state index in [0.29, 0.717) is 5.54 Å². The summed E-state index contributed by atoms with van der Waals surface area (Å²) >= 11 is 0. The molecule has 98 valence electrons. The van der Waals surface area contributed by atoms with E-state index in [-0.39, 0.29) is 0 Å². The van der Waals surface area contributed by atoms with Crippen molar-refractivity contribution in [2.45, 2.75) is 44.1 Å². The van der Waals surface area contributed by atoms with Crippen molar-refractivity contribution in [2.24, 2.45) is 5.92 Å². The van der Waals surface area contributed by atoms with Crippen molar-refractivity contribution in [2.75, 3.05) is 39.4 Å². The minimum atomic E-state index is 0.468. The van der Waals surface area contributed by atoms with E-state index in [4.69, 9.17) is 4.74 Å². The Kier molecular flexibility index (Phi) is 3.69. The maximum absolute atomic E-state index is 5.49. The molecule has 3 fully saturated rings. The number of nitrogens with zero attached hydrogens (tertiary/aromatic N) is 1. The van der Waals surface area contributed by atoms with Crippen LogP contribution in [0.1, 0.15) is 38.5 Å². The fraction of sp³-hybridized carbons (Fsp3) is 1.00. The summed E-state index contributed by atoms with van der Waals surface area (Å²) in [5, 5.41) is 3.82. The Bertz CT molecular complexity index is 239. The lowest BCUT2D eigenvalue weighted by atomic mass is 9.80. The Hall–Kier alpha value is -0.120. The monoisotopic (exact) mass is 238 g/mol. The number of hydrogen-bond acceptors (Lipinski definition) is 3. The Morgan fingerprint density at radius 1 is 1.24 bits per heavy atom. The number of piperazine rings is 1. The van der Waals surface area contributed by atoms with Gasteiger partial charge in [0.25, 0.3) is 0 Å². The lowest BCUT2D eigenvalue weighted by molar-refractivity contribution is 0.0837. The third-order valence-corrected chi connectivity index (χ3v) is 4.81. The van der Waals surface area contributed by atoms with Crippen molar-refractivity contribution in [1.82, 2.24) is 10.2 Å². The van der Waals surface area contributed by atoms with Crippen LogP contribution in [0.15, 0.2) is 0 Å². The molecule has 2 heterocycles. The minimum absolute atomic E-state index is 0.468. The quantitative estimate of drug-likeness (QED) is 0.791. The first-order valence-electron chi connectivity index (χ1n) is 7.41. The van der Waals surface area contributed by atoms with Crippen molar-refractivity contribution >= 4 is 0 Å². The summed E-state index contributed by atoms with van der Waals surface area (Å²) < 4.78 is 5.49. The first-order valence-corrected chi connectivity index (χ1v) is 7.41. The molecule has 0 radical (unpaired) electrons. The zero-order chi connectivity index (χ0) is 11.6. The fourth-order valence-corrected chi connectivity index (χ4v) is 3.85. The summed E-state index contributed by atoms with van der Waals surface area (Å²) in [6.07, 6.45) is 8.35. The van der Waals surface area contributed by atoms with Gasteiger partial charge in [0.1, 0.15) is 0 Å². The number of rotatable bonds is 2. The lowest BCUT2D eigenvalue weighted by Gasteiger charge is -2.46. The first kappa shape index (κ1) is 11.9. The smallest absolute Gasteiger partial charge is 0.0507 e. The van der Waals surface area contributed by atoms with Crippen LogP contribution in [-0.4, -0.2) is 49.8 Å². The predicted octanol–water partition coefficient (Wildman–Crippen LogP) is 1.63. The van der Waals surface area contributed by atoms with Crippen LogP contribution in [0.2, 0.25) is 0 Å². The molecule has 17 heavy (non-hydrogen) atoms. The lowest BCUT2D eigenvalue weighted by Crippen LogP contribution is -2.61. The highest BCUT2D eigenvalue weighted by Crippen LogP contribution is 2.31. The molecule has 1 aliphatic carbocycles. The normalized spacial score (nSPS) is 34.2. The van der Waals surface area contributed by atoms with Gasteiger partial charge in [-0.15, -0.1) is 0 Å². The van der Waals surface area contributed by atoms with E-state index < -0.39 is 0 Å². The van der Waals surface area contributed by atoms with Gasteiger partial charge < -0.3 is 10.1 Å². The van der Waals surface area contributed by atoms with Crippen molar-refractivity contribution in [3.63, 3.8) is 0 Å². The van der Waals surface area contributed by atoms with Gasteiger partial charge in [0, 0.05) is 38.3 Å². The molecule has 3 nitrogen and oxygen atoms in total. The second-order valence-corrected chi connectivity index (χ2v) is 6.23. The molecule has 2 aliphatic heterocycles. The molecule has 0 aromatic rings. The zero-order valence-corrected chi connectivity index (χ0v) is 10.9. The van der Waals surface area contributed by atoms with Gasteiger partial charge in [-0.3, -0.25) is 4.90 Å². The molecule has 0 bridgehead atoms. The highest BCUT2D eigenvalue weighted by molar-refractivity contribution is 4.97. The molecular formula is C14H26N2O. The SMILES string of the molecule is C1CCC2(CC1)CN(CC1CCOC1)CCN2. The molecule has 1 saturated carbocycles. The standard InChI is InChI=1S/C14H26N2O/c1-2-5-14(6-3-1)12-16(8-7-15-14)10-13-4-9-17-11-13/h13,15H,1-12H2. The molecule has 3 rings (SSSR count). The number of nitrogens with one attached hydrogen (secondary N) is 1. The van der Waals surface area contributed by atoms with E-state index in [1.807, 2.05) is 0 Å². The molecule has 1 spiro atoms. The largest absolute Gasteiger partial charge is 0.381 e. The first-order chi connectivity index (χ1) is 8.36. The van der Waals surface area contributed by atoms with Crippen LogP contribution in [0, 0.1) is 5.92 Å². The summed E-state index contributed by atoms with van der Waals surface area (Å²) in [7, 11) is 0. The summed E-state index contributed by atoms with van der Waals surface area (Å²) in [5.41, 5.74) is 0.468. The topological polar surface area (TPSA) is 24.5 Å². The van der Waals surface area contributed by atoms with Crippen LogP contribution in [0.25, 0.3) is 0 Å². The van der Waals surface area contributed by atoms with Gasteiger partial charge in [0.05, 0.1) is 6.61 Å². The minimum Gasteiger partial charge on any atom is -0.381 e. The average Bonchev–Trinajstić information content (AvgIpc) is 2.83. The van der Waals surface area contributed by atoms with Crippen molar-refractivity contribution in [3.05, 3.63) is 0 Å². The van der Waals surface area contributed by atoms with Crippen molar-refractivity contribution in [3.8, 4) is 0 Å². The third-order valence-electron chi connectivity index (χ3n) is 4.81. The number of hydrogen-bond donors (Lipinski definition) is 1. The molecule has 3 aliphatic rings. The van der Waals surface area contributed by atoms with Gasteiger partial charge in [-0.2, -0.15) is 0 Å². The molecule has 2 saturated heterocycles. The second-order valence-electron chi connectivity index (χ2n) is 6.23. The van der Waals surface area contributed by atoms with E-state index in [9.17, 15) is 0 Å². The van der Waals surface area contributed by atoms with Gasteiger partial charge in [-0.05, 0) is 25.2 Å². The molecule has 1 N–H and O–H groups in total. The highest BCUT2D eigenvalue weighted by atomic mass is 16.5. The van der Waals surface area contributed by atoms with Crippen LogP contribution in [0.4, 0.5) is 0 Å². The predicted molar refractivity (Wildman–Crippen MR) is 69.2 cm³/mol. The van der Waals surface area contributed by atoms with E-state index in [1.54, 1.807) is 0 Å². The molecule has 1 unspecified atom stereocenters. The number of ether oxygens (including phenoxy) is 1. The van der Waals surface area contributed by atoms with E-state index in [0.717, 1.165) is 19.1 Å². The van der Waals surface area contributed by atoms with Gasteiger partial charge in [0.2, 0.25) is 0 Å². The highest BCUT2D eigenvalue weighted by Gasteiger charge is 2.36. The second kappa shape index (κ2) is 5.25. The van der Waals surface area contributed by atoms with Crippen molar-refractivity contribution < 1.29 is 4.74 Å². The summed E-state index contributed by atoms with van der Waals surface area (Å²) in [6.45, 7) is 6.96. The Morgan fingerprint density at radius 2 is 2.12 bits per heavy atom. The van der Waals surface area contributed by atoms with Crippen LogP contribution >= 0.6 is 0 Å². The van der Waals surface area contributed by atoms with Crippen LogP contribution < -0.4 is 5.32 Å². The fourth-order valence-electron chi connectivity index (χ4n) is 3.85. The van der Waals surface area contributed by atoms with Gasteiger partial charge in [-0.25, -0.2) is 0 Å². The molecule has 3 heteroatoms. The zero-order valence-electron chi connectivity index (χ0n) is 10.9. The summed E-state index contributed by atoms with van der Waals surface area (Å²) in [4.78, 5) is 2.70. The average molecular weight is 238 g/mol. The Balaban J connectivity index is 1.55. The van der Waals surface area contributed by atoms with Crippen LogP contribution in [0.3, 0.4) is 0 Å². The molecule has 0 aromatic carbocycles. The van der Waals surface area contributed by atoms with E-state index >= 15 is 0 Å². The summed E-state index contributed by atoms with van der Waals surface area (Å²) in [5.74, 6) is 0.800. The Morgan fingerprint density at radius 3 is 2.88 bits per heavy atom. The van der Waals surface area contributed by atoms with Crippen molar-refractivity contribution in [1.29, 1.82) is 0 Å². The maximum Gasteiger partial charge on any atom is 0.0507 e. The molecule has 0 aromatic heterocycles. The van der Waals surface area contributed by atoms with Gasteiger partial charge in [0.15, 0.2) is 0 Å². The van der Waals surface area contributed by atoms with Crippen LogP contribution in [-0.2, 0) is 4.74 Å². The molecule has 1 atom stereocenters. The molecule has 0 amide bonds. The van der Waals surface area contributed by atoms with E-state index in [1.165, 1.54) is 64.7 Å². The Labute approximate surface area is 105 Å². The maximum atomic E-state index is 5.49. The summed E-state index contributed by atoms with van der Waals surface area (Å²) in [6, 6.07) is 0. The third kappa shape index (κ3) is 2.83. The molecular weight excluding hydrogens is 212 g/mol. The van der Waals surface area contributed by atoms with Gasteiger partial charge in [-0.1, -0.05) is 19.3 Å². The van der Waals surface area contributed by atoms with Crippen LogP contribution in [0.5, 0.6) is 0 Å².